The molecule has 0 radical (unpaired) electrons. The molecule has 0 aliphatic carbocycles. The van der Waals surface area contributed by atoms with Crippen molar-refractivity contribution in [1.82, 2.24) is 20.2 Å². The first-order valence-electron chi connectivity index (χ1n) is 11.5. The van der Waals surface area contributed by atoms with Crippen LogP contribution >= 0.6 is 11.3 Å². The smallest absolute Gasteiger partial charge is 0.428 e. The normalized spacial score (nSPS) is 10.8. The van der Waals surface area contributed by atoms with Crippen LogP contribution in [-0.4, -0.2) is 54.2 Å². The van der Waals surface area contributed by atoms with E-state index in [1.165, 1.54) is 26.4 Å². The first-order valence-corrected chi connectivity index (χ1v) is 12.3. The van der Waals surface area contributed by atoms with Gasteiger partial charge in [-0.15, -0.1) is 10.2 Å². The average Bonchev–Trinajstić information content (AvgIpc) is 3.33. The van der Waals surface area contributed by atoms with Crippen molar-refractivity contribution in [3.8, 4) is 16.3 Å². The van der Waals surface area contributed by atoms with E-state index in [-0.39, 0.29) is 47.2 Å². The molecule has 2 aromatic heterocycles. The molecule has 10 nitrogen and oxygen atoms in total. The fourth-order valence-electron chi connectivity index (χ4n) is 3.36. The van der Waals surface area contributed by atoms with Crippen LogP contribution in [0.25, 0.3) is 10.6 Å². The van der Waals surface area contributed by atoms with Crippen LogP contribution in [0.15, 0.2) is 29.2 Å². The number of ether oxygens (including phenoxy) is 2. The summed E-state index contributed by atoms with van der Waals surface area (Å²) in [5.74, 6) is -2.37. The Morgan fingerprint density at radius 1 is 1.22 bits per heavy atom. The summed E-state index contributed by atoms with van der Waals surface area (Å²) in [4.78, 5) is 38.9. The van der Waals surface area contributed by atoms with Crippen LogP contribution in [0.3, 0.4) is 0 Å². The maximum absolute atomic E-state index is 14.1. The number of hydrogen-bond acceptors (Lipinski definition) is 8. The summed E-state index contributed by atoms with van der Waals surface area (Å²) in [5, 5.41) is 12.3. The third kappa shape index (κ3) is 6.28. The first-order chi connectivity index (χ1) is 17.7. The van der Waals surface area contributed by atoms with E-state index in [1.54, 1.807) is 6.92 Å². The Kier molecular flexibility index (Phi) is 9.28. The fraction of sp³-hybridized carbons (Fsp3) is 0.375. The number of carbonyl (C=O) groups excluding carboxylic acids is 2. The van der Waals surface area contributed by atoms with Crippen LogP contribution < -0.4 is 20.5 Å². The van der Waals surface area contributed by atoms with E-state index in [9.17, 15) is 23.2 Å². The topological polar surface area (TPSA) is 116 Å². The summed E-state index contributed by atoms with van der Waals surface area (Å²) >= 11 is 1.01. The Morgan fingerprint density at radius 3 is 2.62 bits per heavy atom. The molecule has 0 fully saturated rings. The van der Waals surface area contributed by atoms with Gasteiger partial charge in [0.05, 0.1) is 19.3 Å². The minimum Gasteiger partial charge on any atom is -0.491 e. The van der Waals surface area contributed by atoms with E-state index in [0.29, 0.717) is 11.4 Å². The fourth-order valence-corrected chi connectivity index (χ4v) is 4.23. The van der Waals surface area contributed by atoms with Crippen molar-refractivity contribution in [2.75, 3.05) is 32.3 Å². The third-order valence-corrected chi connectivity index (χ3v) is 6.22. The van der Waals surface area contributed by atoms with Gasteiger partial charge in [0, 0.05) is 32.3 Å². The number of methoxy groups -OCH3 is 1. The predicted octanol–water partition coefficient (Wildman–Crippen LogP) is 3.50. The summed E-state index contributed by atoms with van der Waals surface area (Å²) in [6, 6.07) is 3.22. The van der Waals surface area contributed by atoms with Gasteiger partial charge in [-0.25, -0.2) is 23.3 Å². The molecule has 13 heteroatoms. The van der Waals surface area contributed by atoms with Gasteiger partial charge in [0.1, 0.15) is 16.6 Å². The standard InChI is InChI=1S/C24H27F2N5O5S/c1-5-7-10-36-24(34)30(3)31-13-16(20(32)21(35-4)19(31)22(33)27-6-2)23-29-28-18(37-23)11-14-8-9-15(25)12-17(14)26/h8-9,12-13H,5-7,10-11H2,1-4H3,(H,27,33). The number of amides is 2. The van der Waals surface area contributed by atoms with Crippen LogP contribution in [0, 0.1) is 11.6 Å². The monoisotopic (exact) mass is 535 g/mol. The van der Waals surface area contributed by atoms with Crippen LogP contribution in [0.1, 0.15) is 47.7 Å². The summed E-state index contributed by atoms with van der Waals surface area (Å²) in [6.07, 6.45) is 2.03. The van der Waals surface area contributed by atoms with Gasteiger partial charge in [-0.05, 0) is 25.0 Å². The zero-order valence-corrected chi connectivity index (χ0v) is 21.7. The highest BCUT2D eigenvalue weighted by atomic mass is 32.1. The molecule has 0 spiro atoms. The molecule has 37 heavy (non-hydrogen) atoms. The van der Waals surface area contributed by atoms with Crippen LogP contribution in [-0.2, 0) is 11.2 Å². The van der Waals surface area contributed by atoms with Gasteiger partial charge >= 0.3 is 6.09 Å². The van der Waals surface area contributed by atoms with Crippen molar-refractivity contribution >= 4 is 23.3 Å². The number of nitrogens with one attached hydrogen (secondary N) is 1. The lowest BCUT2D eigenvalue weighted by atomic mass is 10.1. The lowest BCUT2D eigenvalue weighted by Gasteiger charge is -2.24. The number of halogens is 2. The number of rotatable bonds is 10. The molecular weight excluding hydrogens is 508 g/mol. The van der Waals surface area contributed by atoms with Crippen molar-refractivity contribution in [2.24, 2.45) is 0 Å². The molecule has 2 heterocycles. The Balaban J connectivity index is 2.08. The SMILES string of the molecule is CCCCOC(=O)N(C)n1cc(-c2nnc(Cc3ccc(F)cc3F)s2)c(=O)c(OC)c1C(=O)NCC. The van der Waals surface area contributed by atoms with E-state index >= 15 is 0 Å². The van der Waals surface area contributed by atoms with E-state index in [1.807, 2.05) is 6.92 Å². The number of pyridine rings is 1. The molecule has 0 bridgehead atoms. The second kappa shape index (κ2) is 12.4. The maximum atomic E-state index is 14.1. The van der Waals surface area contributed by atoms with E-state index in [0.717, 1.165) is 39.6 Å². The first kappa shape index (κ1) is 27.7. The average molecular weight is 536 g/mol. The molecule has 198 valence electrons. The number of hydrogen-bond donors (Lipinski definition) is 1. The van der Waals surface area contributed by atoms with E-state index in [4.69, 9.17) is 9.47 Å². The van der Waals surface area contributed by atoms with Gasteiger partial charge in [0.2, 0.25) is 5.43 Å². The number of benzene rings is 1. The van der Waals surface area contributed by atoms with Crippen molar-refractivity contribution in [2.45, 2.75) is 33.1 Å². The molecule has 0 saturated carbocycles. The highest BCUT2D eigenvalue weighted by Gasteiger charge is 2.28. The highest BCUT2D eigenvalue weighted by molar-refractivity contribution is 7.14. The lowest BCUT2D eigenvalue weighted by Crippen LogP contribution is -2.42. The Bertz CT molecular complexity index is 1340. The van der Waals surface area contributed by atoms with Gasteiger partial charge in [0.15, 0.2) is 16.5 Å². The zero-order chi connectivity index (χ0) is 27.1. The largest absolute Gasteiger partial charge is 0.491 e. The quantitative estimate of drug-likeness (QED) is 0.395. The minimum absolute atomic E-state index is 0.00133. The molecule has 2 amide bonds. The molecule has 0 saturated heterocycles. The van der Waals surface area contributed by atoms with E-state index < -0.39 is 29.1 Å². The predicted molar refractivity (Wildman–Crippen MR) is 134 cm³/mol. The molecule has 3 rings (SSSR count). The highest BCUT2D eigenvalue weighted by Crippen LogP contribution is 2.27. The molecule has 0 atom stereocenters. The minimum atomic E-state index is -0.750. The number of unbranched alkanes of at least 4 members (excludes halogenated alkanes) is 1. The van der Waals surface area contributed by atoms with Gasteiger partial charge < -0.3 is 14.8 Å². The Labute approximate surface area is 215 Å². The molecule has 0 unspecified atom stereocenters. The summed E-state index contributed by atoms with van der Waals surface area (Å²) in [5.41, 5.74) is -0.642. The van der Waals surface area contributed by atoms with E-state index in [2.05, 4.69) is 15.5 Å². The van der Waals surface area contributed by atoms with Crippen molar-refractivity contribution in [3.63, 3.8) is 0 Å². The molecular formula is C24H27F2N5O5S. The van der Waals surface area contributed by atoms with Gasteiger partial charge in [-0.1, -0.05) is 30.7 Å². The van der Waals surface area contributed by atoms with Crippen LogP contribution in [0.4, 0.5) is 13.6 Å². The molecule has 3 aromatic rings. The van der Waals surface area contributed by atoms with Crippen LogP contribution in [0.2, 0.25) is 0 Å². The maximum Gasteiger partial charge on any atom is 0.428 e. The third-order valence-electron chi connectivity index (χ3n) is 5.27. The number of nitrogens with zero attached hydrogens (tertiary/aromatic N) is 4. The Morgan fingerprint density at radius 2 is 1.97 bits per heavy atom. The van der Waals surface area contributed by atoms with Gasteiger partial charge in [-0.3, -0.25) is 9.59 Å². The molecule has 1 N–H and O–H groups in total. The molecule has 0 aliphatic rings. The summed E-state index contributed by atoms with van der Waals surface area (Å²) < 4.78 is 39.1. The summed E-state index contributed by atoms with van der Waals surface area (Å²) in [6.45, 7) is 4.10. The second-order valence-corrected chi connectivity index (χ2v) is 8.92. The van der Waals surface area contributed by atoms with Crippen molar-refractivity contribution in [3.05, 3.63) is 62.5 Å². The summed E-state index contributed by atoms with van der Waals surface area (Å²) in [7, 11) is 2.61. The second-order valence-electron chi connectivity index (χ2n) is 7.86. The molecule has 0 aliphatic heterocycles. The van der Waals surface area contributed by atoms with Gasteiger partial charge in [-0.2, -0.15) is 0 Å². The number of carbonyl (C=O) groups is 2. The van der Waals surface area contributed by atoms with Crippen LogP contribution in [0.5, 0.6) is 5.75 Å². The Hall–Kier alpha value is -3.87. The van der Waals surface area contributed by atoms with Crippen molar-refractivity contribution in [1.29, 1.82) is 0 Å². The lowest BCUT2D eigenvalue weighted by molar-refractivity contribution is 0.0940. The molecule has 1 aromatic carbocycles. The van der Waals surface area contributed by atoms with Gasteiger partial charge in [0.25, 0.3) is 5.91 Å². The van der Waals surface area contributed by atoms with Crippen molar-refractivity contribution < 1.29 is 27.8 Å². The number of aromatic nitrogens is 3. The zero-order valence-electron chi connectivity index (χ0n) is 20.8.